The van der Waals surface area contributed by atoms with E-state index in [-0.39, 0.29) is 0 Å². The average Bonchev–Trinajstić information content (AvgIpc) is 2.08. The summed E-state index contributed by atoms with van der Waals surface area (Å²) in [5.74, 6) is 3.28. The van der Waals surface area contributed by atoms with Crippen molar-refractivity contribution in [3.05, 3.63) is 0 Å². The van der Waals surface area contributed by atoms with E-state index in [1.807, 2.05) is 0 Å². The first-order valence-corrected chi connectivity index (χ1v) is 5.44. The third-order valence-corrected chi connectivity index (χ3v) is 4.87. The Kier molecular flexibility index (Phi) is 1.91. The Labute approximate surface area is 81.1 Å². The maximum Gasteiger partial charge on any atom is 0.0624 e. The maximum absolute atomic E-state index is 8.72. The predicted octanol–water partition coefficient (Wildman–Crippen LogP) is 3.22. The van der Waals surface area contributed by atoms with Gasteiger partial charge in [0.05, 0.1) is 6.07 Å². The van der Waals surface area contributed by atoms with Gasteiger partial charge in [0.2, 0.25) is 0 Å². The highest BCUT2D eigenvalue weighted by Crippen LogP contribution is 2.63. The molecule has 0 spiro atoms. The topological polar surface area (TPSA) is 23.8 Å². The van der Waals surface area contributed by atoms with Crippen LogP contribution in [0.1, 0.15) is 40.0 Å². The van der Waals surface area contributed by atoms with E-state index in [9.17, 15) is 0 Å². The van der Waals surface area contributed by atoms with Crippen LogP contribution in [-0.4, -0.2) is 0 Å². The normalized spacial score (nSPS) is 46.3. The zero-order valence-corrected chi connectivity index (χ0v) is 8.88. The molecule has 3 aliphatic rings. The van der Waals surface area contributed by atoms with Crippen molar-refractivity contribution in [2.45, 2.75) is 40.0 Å². The van der Waals surface area contributed by atoms with E-state index in [0.29, 0.717) is 11.3 Å². The van der Waals surface area contributed by atoms with E-state index >= 15 is 0 Å². The molecule has 0 heterocycles. The Morgan fingerprint density at radius 3 is 2.54 bits per heavy atom. The molecule has 0 aromatic carbocycles. The van der Waals surface area contributed by atoms with Gasteiger partial charge in [0.15, 0.2) is 0 Å². The van der Waals surface area contributed by atoms with E-state index in [1.54, 1.807) is 0 Å². The van der Waals surface area contributed by atoms with Gasteiger partial charge < -0.3 is 0 Å². The largest absolute Gasteiger partial charge is 0.198 e. The van der Waals surface area contributed by atoms with Gasteiger partial charge in [-0.1, -0.05) is 20.8 Å². The lowest BCUT2D eigenvalue weighted by Gasteiger charge is -2.62. The van der Waals surface area contributed by atoms with Crippen molar-refractivity contribution in [3.63, 3.8) is 0 Å². The van der Waals surface area contributed by atoms with Crippen LogP contribution < -0.4 is 0 Å². The summed E-state index contributed by atoms with van der Waals surface area (Å²) in [7, 11) is 0. The monoisotopic (exact) mass is 177 g/mol. The number of nitrogens with zero attached hydrogens (tertiary/aromatic N) is 1. The van der Waals surface area contributed by atoms with Crippen LogP contribution in [-0.2, 0) is 0 Å². The Morgan fingerprint density at radius 1 is 1.38 bits per heavy atom. The fraction of sp³-hybridized carbons (Fsp3) is 0.917. The van der Waals surface area contributed by atoms with Gasteiger partial charge in [0, 0.05) is 6.42 Å². The van der Waals surface area contributed by atoms with E-state index in [0.717, 1.165) is 24.2 Å². The highest BCUT2D eigenvalue weighted by molar-refractivity contribution is 5.05. The average molecular weight is 177 g/mol. The Morgan fingerprint density at radius 2 is 2.08 bits per heavy atom. The summed E-state index contributed by atoms with van der Waals surface area (Å²) in [6.45, 7) is 7.17. The van der Waals surface area contributed by atoms with Gasteiger partial charge in [-0.25, -0.2) is 0 Å². The molecule has 3 rings (SSSR count). The molecule has 2 bridgehead atoms. The third kappa shape index (κ3) is 1.11. The summed E-state index contributed by atoms with van der Waals surface area (Å²) < 4.78 is 0. The van der Waals surface area contributed by atoms with Crippen LogP contribution in [0.5, 0.6) is 0 Å². The molecule has 3 saturated carbocycles. The first kappa shape index (κ1) is 9.06. The van der Waals surface area contributed by atoms with E-state index in [2.05, 4.69) is 26.8 Å². The number of rotatable bonds is 1. The highest BCUT2D eigenvalue weighted by atomic mass is 14.6. The predicted molar refractivity (Wildman–Crippen MR) is 52.9 cm³/mol. The first-order valence-electron chi connectivity index (χ1n) is 5.44. The van der Waals surface area contributed by atoms with Crippen LogP contribution >= 0.6 is 0 Å². The molecule has 0 unspecified atom stereocenters. The van der Waals surface area contributed by atoms with Gasteiger partial charge in [0.25, 0.3) is 0 Å². The molecule has 0 aromatic heterocycles. The second kappa shape index (κ2) is 2.74. The SMILES string of the molecule is C[C@H]1[C@@H](CC#N)C[C@@H]2C[C@@H]1C2(C)C. The quantitative estimate of drug-likeness (QED) is 0.603. The summed E-state index contributed by atoms with van der Waals surface area (Å²) in [5, 5.41) is 8.72. The second-order valence-corrected chi connectivity index (χ2v) is 5.58. The van der Waals surface area contributed by atoms with Crippen molar-refractivity contribution in [1.29, 1.82) is 5.26 Å². The van der Waals surface area contributed by atoms with E-state index in [4.69, 9.17) is 5.26 Å². The van der Waals surface area contributed by atoms with Gasteiger partial charge in [-0.2, -0.15) is 5.26 Å². The van der Waals surface area contributed by atoms with Crippen molar-refractivity contribution < 1.29 is 0 Å². The van der Waals surface area contributed by atoms with Crippen LogP contribution in [0.2, 0.25) is 0 Å². The van der Waals surface area contributed by atoms with E-state index in [1.165, 1.54) is 12.8 Å². The summed E-state index contributed by atoms with van der Waals surface area (Å²) in [6, 6.07) is 2.34. The molecule has 0 aliphatic heterocycles. The van der Waals surface area contributed by atoms with Gasteiger partial charge in [-0.3, -0.25) is 0 Å². The van der Waals surface area contributed by atoms with Gasteiger partial charge in [0.1, 0.15) is 0 Å². The summed E-state index contributed by atoms with van der Waals surface area (Å²) in [6.07, 6.45) is 3.51. The summed E-state index contributed by atoms with van der Waals surface area (Å²) >= 11 is 0. The molecule has 0 radical (unpaired) electrons. The molecular formula is C12H19N. The molecule has 1 heteroatoms. The van der Waals surface area contributed by atoms with Crippen molar-refractivity contribution in [3.8, 4) is 6.07 Å². The number of nitriles is 1. The number of hydrogen-bond acceptors (Lipinski definition) is 1. The molecule has 72 valence electrons. The van der Waals surface area contributed by atoms with Crippen LogP contribution in [0.15, 0.2) is 0 Å². The third-order valence-electron chi connectivity index (χ3n) is 4.87. The Hall–Kier alpha value is -0.510. The molecule has 0 aromatic rings. The lowest BCUT2D eigenvalue weighted by atomic mass is 9.43. The zero-order valence-electron chi connectivity index (χ0n) is 8.88. The Bertz CT molecular complexity index is 248. The molecule has 0 amide bonds. The fourth-order valence-corrected chi connectivity index (χ4v) is 3.64. The van der Waals surface area contributed by atoms with E-state index < -0.39 is 0 Å². The standard InChI is InChI=1S/C12H19N/c1-8-9(4-5-13)6-10-7-11(8)12(10,2)3/h8-11H,4,6-7H2,1-3H3/t8-,9-,10+,11-/m0/s1. The molecule has 0 saturated heterocycles. The molecular weight excluding hydrogens is 158 g/mol. The van der Waals surface area contributed by atoms with Gasteiger partial charge in [-0.05, 0) is 41.9 Å². The minimum absolute atomic E-state index is 0.575. The number of hydrogen-bond donors (Lipinski definition) is 0. The van der Waals surface area contributed by atoms with Crippen LogP contribution in [0.3, 0.4) is 0 Å². The van der Waals surface area contributed by atoms with Crippen LogP contribution in [0, 0.1) is 40.4 Å². The molecule has 13 heavy (non-hydrogen) atoms. The fourth-order valence-electron chi connectivity index (χ4n) is 3.64. The zero-order chi connectivity index (χ0) is 9.64. The summed E-state index contributed by atoms with van der Waals surface area (Å²) in [4.78, 5) is 0. The smallest absolute Gasteiger partial charge is 0.0624 e. The second-order valence-electron chi connectivity index (χ2n) is 5.58. The number of fused-ring (bicyclic) bond motifs is 2. The Balaban J connectivity index is 2.08. The minimum Gasteiger partial charge on any atom is -0.198 e. The lowest BCUT2D eigenvalue weighted by Crippen LogP contribution is -2.54. The van der Waals surface area contributed by atoms with Crippen molar-refractivity contribution in [1.82, 2.24) is 0 Å². The molecule has 0 N–H and O–H groups in total. The molecule has 3 aliphatic carbocycles. The highest BCUT2D eigenvalue weighted by Gasteiger charge is 2.55. The van der Waals surface area contributed by atoms with Crippen molar-refractivity contribution in [2.75, 3.05) is 0 Å². The molecule has 1 nitrogen and oxygen atoms in total. The van der Waals surface area contributed by atoms with Crippen molar-refractivity contribution >= 4 is 0 Å². The molecule has 4 atom stereocenters. The first-order chi connectivity index (χ1) is 6.07. The summed E-state index contributed by atoms with van der Waals surface area (Å²) in [5.41, 5.74) is 0.575. The molecule has 3 fully saturated rings. The van der Waals surface area contributed by atoms with Crippen molar-refractivity contribution in [2.24, 2.45) is 29.1 Å². The maximum atomic E-state index is 8.72. The van der Waals surface area contributed by atoms with Gasteiger partial charge in [-0.15, -0.1) is 0 Å². The van der Waals surface area contributed by atoms with Gasteiger partial charge >= 0.3 is 0 Å². The van der Waals surface area contributed by atoms with Crippen LogP contribution in [0.25, 0.3) is 0 Å². The van der Waals surface area contributed by atoms with Crippen LogP contribution in [0.4, 0.5) is 0 Å². The minimum atomic E-state index is 0.575. The lowest BCUT2D eigenvalue weighted by molar-refractivity contribution is -0.127.